The van der Waals surface area contributed by atoms with Crippen molar-refractivity contribution in [1.82, 2.24) is 14.5 Å². The Bertz CT molecular complexity index is 993. The van der Waals surface area contributed by atoms with Crippen LogP contribution in [0.2, 0.25) is 0 Å². The molecule has 0 aliphatic carbocycles. The highest BCUT2D eigenvalue weighted by Crippen LogP contribution is 2.24. The molecule has 1 aromatic carbocycles. The molecular weight excluding hydrogens is 318 g/mol. The fourth-order valence-corrected chi connectivity index (χ4v) is 2.73. The highest BCUT2D eigenvalue weighted by Gasteiger charge is 2.16. The minimum atomic E-state index is -0.257. The highest BCUT2D eigenvalue weighted by molar-refractivity contribution is 5.80. The monoisotopic (exact) mass is 337 g/mol. The maximum absolute atomic E-state index is 12.3. The molecule has 3 aromatic rings. The lowest BCUT2D eigenvalue weighted by Crippen LogP contribution is -2.16. The number of aromatic amines is 1. The fraction of sp³-hybridized carbons (Fsp3) is 0.278. The largest absolute Gasteiger partial charge is 0.492 e. The van der Waals surface area contributed by atoms with E-state index < -0.39 is 0 Å². The van der Waals surface area contributed by atoms with Crippen LogP contribution in [0.1, 0.15) is 30.9 Å². The zero-order valence-electron chi connectivity index (χ0n) is 14.1. The number of hydrogen-bond donors (Lipinski definition) is 2. The van der Waals surface area contributed by atoms with Crippen molar-refractivity contribution in [2.24, 2.45) is 0 Å². The molecule has 3 N–H and O–H groups in total. The smallest absolute Gasteiger partial charge is 0.276 e. The molecule has 128 valence electrons. The van der Waals surface area contributed by atoms with Crippen LogP contribution in [0.25, 0.3) is 11.0 Å². The predicted molar refractivity (Wildman–Crippen MR) is 95.5 cm³/mol. The molecule has 7 nitrogen and oxygen atoms in total. The van der Waals surface area contributed by atoms with Gasteiger partial charge >= 0.3 is 0 Å². The van der Waals surface area contributed by atoms with Crippen molar-refractivity contribution < 1.29 is 4.74 Å². The summed E-state index contributed by atoms with van der Waals surface area (Å²) in [7, 11) is 0. The molecule has 0 amide bonds. The van der Waals surface area contributed by atoms with Gasteiger partial charge in [-0.25, -0.2) is 4.98 Å². The van der Waals surface area contributed by atoms with Gasteiger partial charge in [-0.1, -0.05) is 13.8 Å². The number of fused-ring (bicyclic) bond motifs is 1. The molecule has 0 atom stereocenters. The first-order chi connectivity index (χ1) is 12.0. The van der Waals surface area contributed by atoms with E-state index in [1.807, 2.05) is 24.6 Å². The molecule has 7 heteroatoms. The van der Waals surface area contributed by atoms with E-state index in [1.165, 1.54) is 0 Å². The number of rotatable bonds is 5. The molecule has 3 rings (SSSR count). The summed E-state index contributed by atoms with van der Waals surface area (Å²) in [6, 6.07) is 8.97. The molecular formula is C18H19N5O2. The van der Waals surface area contributed by atoms with Gasteiger partial charge in [0.1, 0.15) is 23.4 Å². The average Bonchev–Trinajstić information content (AvgIpc) is 2.94. The second kappa shape index (κ2) is 6.69. The van der Waals surface area contributed by atoms with E-state index in [0.717, 1.165) is 5.56 Å². The predicted octanol–water partition coefficient (Wildman–Crippen LogP) is 2.38. The summed E-state index contributed by atoms with van der Waals surface area (Å²) < 4.78 is 7.55. The van der Waals surface area contributed by atoms with Gasteiger partial charge in [0.2, 0.25) is 5.95 Å². The third-order valence-corrected chi connectivity index (χ3v) is 3.98. The van der Waals surface area contributed by atoms with Crippen molar-refractivity contribution in [2.45, 2.75) is 26.3 Å². The Hall–Kier alpha value is -3.27. The van der Waals surface area contributed by atoms with Crippen LogP contribution in [-0.2, 0) is 6.54 Å². The van der Waals surface area contributed by atoms with Gasteiger partial charge in [0.25, 0.3) is 5.56 Å². The topological polar surface area (TPSA) is 110 Å². The van der Waals surface area contributed by atoms with Gasteiger partial charge in [-0.15, -0.1) is 0 Å². The van der Waals surface area contributed by atoms with Crippen molar-refractivity contribution in [3.63, 3.8) is 0 Å². The Morgan fingerprint density at radius 3 is 2.72 bits per heavy atom. The third kappa shape index (κ3) is 3.33. The molecule has 0 aliphatic heterocycles. The van der Waals surface area contributed by atoms with Gasteiger partial charge in [0.05, 0.1) is 18.2 Å². The summed E-state index contributed by atoms with van der Waals surface area (Å²) in [4.78, 5) is 19.1. The summed E-state index contributed by atoms with van der Waals surface area (Å²) in [5, 5.41) is 8.80. The first-order valence-corrected chi connectivity index (χ1v) is 8.01. The maximum atomic E-state index is 12.3. The molecule has 0 bridgehead atoms. The number of nitrogen functional groups attached to an aromatic ring is 1. The number of ether oxygens (including phenoxy) is 1. The van der Waals surface area contributed by atoms with Crippen molar-refractivity contribution in [3.8, 4) is 11.8 Å². The fourth-order valence-electron chi connectivity index (χ4n) is 2.73. The lowest BCUT2D eigenvalue weighted by molar-refractivity contribution is 0.300. The Morgan fingerprint density at radius 1 is 1.36 bits per heavy atom. The van der Waals surface area contributed by atoms with Crippen LogP contribution in [0.3, 0.4) is 0 Å². The number of anilines is 1. The van der Waals surface area contributed by atoms with Crippen LogP contribution in [0.5, 0.6) is 5.75 Å². The molecule has 0 spiro atoms. The minimum absolute atomic E-state index is 0.117. The van der Waals surface area contributed by atoms with Crippen LogP contribution in [0.15, 0.2) is 35.3 Å². The summed E-state index contributed by atoms with van der Waals surface area (Å²) in [6.07, 6.45) is 1.93. The molecule has 0 saturated carbocycles. The second-order valence-electron chi connectivity index (χ2n) is 6.07. The first kappa shape index (κ1) is 16.6. The molecule has 2 heterocycles. The Labute approximate surface area is 144 Å². The molecule has 0 saturated heterocycles. The maximum Gasteiger partial charge on any atom is 0.276 e. The van der Waals surface area contributed by atoms with Crippen LogP contribution in [0.4, 0.5) is 5.95 Å². The van der Waals surface area contributed by atoms with Gasteiger partial charge in [0.15, 0.2) is 0 Å². The zero-order chi connectivity index (χ0) is 18.0. The minimum Gasteiger partial charge on any atom is -0.492 e. The number of nitrogens with zero attached hydrogens (tertiary/aromatic N) is 3. The molecule has 0 unspecified atom stereocenters. The number of nitriles is 1. The normalized spacial score (nSPS) is 11.0. The standard InChI is InChI=1S/C18H19N5O2/c1-11(2)14-10-23(16-15(14)21-18(20)22-17(16)24)7-8-25-13-5-3-12(9-19)4-6-13/h3-6,10-11H,7-8H2,1-2H3,(H3,20,21,22,24). The number of H-pyrrole nitrogens is 1. The number of benzene rings is 1. The van der Waals surface area contributed by atoms with E-state index in [-0.39, 0.29) is 17.4 Å². The van der Waals surface area contributed by atoms with Crippen molar-refractivity contribution >= 4 is 17.0 Å². The SMILES string of the molecule is CC(C)c1cn(CCOc2ccc(C#N)cc2)c2c(=O)[nH]c(N)nc12. The number of nitrogens with two attached hydrogens (primary N) is 1. The lowest BCUT2D eigenvalue weighted by atomic mass is 10.1. The van der Waals surface area contributed by atoms with E-state index in [9.17, 15) is 4.79 Å². The molecule has 0 fully saturated rings. The quantitative estimate of drug-likeness (QED) is 0.743. The number of nitrogens with one attached hydrogen (secondary N) is 1. The third-order valence-electron chi connectivity index (χ3n) is 3.98. The average molecular weight is 337 g/mol. The van der Waals surface area contributed by atoms with Crippen LogP contribution in [0, 0.1) is 11.3 Å². The van der Waals surface area contributed by atoms with E-state index >= 15 is 0 Å². The second-order valence-corrected chi connectivity index (χ2v) is 6.07. The van der Waals surface area contributed by atoms with E-state index in [1.54, 1.807) is 24.3 Å². The van der Waals surface area contributed by atoms with Crippen molar-refractivity contribution in [1.29, 1.82) is 5.26 Å². The first-order valence-electron chi connectivity index (χ1n) is 8.01. The Kier molecular flexibility index (Phi) is 4.44. The van der Waals surface area contributed by atoms with E-state index in [0.29, 0.717) is 35.5 Å². The summed E-state index contributed by atoms with van der Waals surface area (Å²) in [5.74, 6) is 1.01. The van der Waals surface area contributed by atoms with Gasteiger partial charge in [-0.2, -0.15) is 5.26 Å². The van der Waals surface area contributed by atoms with Crippen molar-refractivity contribution in [2.75, 3.05) is 12.3 Å². The number of hydrogen-bond acceptors (Lipinski definition) is 5. The lowest BCUT2D eigenvalue weighted by Gasteiger charge is -2.08. The zero-order valence-corrected chi connectivity index (χ0v) is 14.1. The molecule has 2 aromatic heterocycles. The molecule has 25 heavy (non-hydrogen) atoms. The van der Waals surface area contributed by atoms with E-state index in [4.69, 9.17) is 15.7 Å². The van der Waals surface area contributed by atoms with Crippen LogP contribution in [-0.4, -0.2) is 21.1 Å². The Morgan fingerprint density at radius 2 is 2.08 bits per heavy atom. The summed E-state index contributed by atoms with van der Waals surface area (Å²) in [5.41, 5.74) is 8.12. The van der Waals surface area contributed by atoms with Crippen molar-refractivity contribution in [3.05, 3.63) is 51.9 Å². The summed E-state index contributed by atoms with van der Waals surface area (Å²) >= 11 is 0. The van der Waals surface area contributed by atoms with Gasteiger partial charge in [-0.05, 0) is 35.7 Å². The highest BCUT2D eigenvalue weighted by atomic mass is 16.5. The van der Waals surface area contributed by atoms with Gasteiger partial charge in [-0.3, -0.25) is 9.78 Å². The van der Waals surface area contributed by atoms with E-state index in [2.05, 4.69) is 16.0 Å². The van der Waals surface area contributed by atoms with Crippen LogP contribution >= 0.6 is 0 Å². The summed E-state index contributed by atoms with van der Waals surface area (Å²) in [6.45, 7) is 4.98. The van der Waals surface area contributed by atoms with Gasteiger partial charge in [0, 0.05) is 6.20 Å². The number of aromatic nitrogens is 3. The van der Waals surface area contributed by atoms with Crippen LogP contribution < -0.4 is 16.0 Å². The molecule has 0 aliphatic rings. The Balaban J connectivity index is 1.83. The molecule has 0 radical (unpaired) electrons. The van der Waals surface area contributed by atoms with Gasteiger partial charge < -0.3 is 15.0 Å².